The summed E-state index contributed by atoms with van der Waals surface area (Å²) in [5.41, 5.74) is 3.53. The maximum atomic E-state index is 6.31. The molecule has 2 atom stereocenters. The van der Waals surface area contributed by atoms with Crippen molar-refractivity contribution in [3.8, 4) is 0 Å². The first-order valence-corrected chi connectivity index (χ1v) is 9.06. The van der Waals surface area contributed by atoms with Gasteiger partial charge in [0.1, 0.15) is 6.10 Å². The molecule has 3 rings (SSSR count). The number of hydrogen-bond donors (Lipinski definition) is 0. The SMILES string of the molecule is CC(c1ccccc1)N(C)CCOC(c1ccccc1)c1ccnn1C. The molecule has 136 valence electrons. The molecular weight excluding hydrogens is 322 g/mol. The van der Waals surface area contributed by atoms with Crippen LogP contribution in [-0.2, 0) is 11.8 Å². The fraction of sp³-hybridized carbons (Fsp3) is 0.318. The van der Waals surface area contributed by atoms with E-state index < -0.39 is 0 Å². The molecule has 1 aromatic heterocycles. The number of ether oxygens (including phenoxy) is 1. The van der Waals surface area contributed by atoms with Crippen LogP contribution in [0.15, 0.2) is 72.9 Å². The summed E-state index contributed by atoms with van der Waals surface area (Å²) in [5, 5.41) is 4.30. The molecule has 2 aromatic carbocycles. The number of hydrogen-bond acceptors (Lipinski definition) is 3. The Balaban J connectivity index is 1.64. The van der Waals surface area contributed by atoms with Gasteiger partial charge in [0.2, 0.25) is 0 Å². The van der Waals surface area contributed by atoms with E-state index >= 15 is 0 Å². The maximum absolute atomic E-state index is 6.31. The van der Waals surface area contributed by atoms with Gasteiger partial charge in [-0.3, -0.25) is 9.58 Å². The standard InChI is InChI=1S/C22H27N3O/c1-18(19-10-6-4-7-11-19)24(2)16-17-26-22(20-12-8-5-9-13-20)21-14-15-23-25(21)3/h4-15,18,22H,16-17H2,1-3H3. The topological polar surface area (TPSA) is 30.3 Å². The number of nitrogens with zero attached hydrogens (tertiary/aromatic N) is 3. The average molecular weight is 349 g/mol. The zero-order chi connectivity index (χ0) is 18.4. The Hall–Kier alpha value is -2.43. The van der Waals surface area contributed by atoms with E-state index in [2.05, 4.69) is 66.4 Å². The van der Waals surface area contributed by atoms with E-state index in [1.165, 1.54) is 5.56 Å². The van der Waals surface area contributed by atoms with Crippen LogP contribution in [-0.4, -0.2) is 34.9 Å². The van der Waals surface area contributed by atoms with Crippen LogP contribution in [0.1, 0.15) is 35.9 Å². The smallest absolute Gasteiger partial charge is 0.124 e. The van der Waals surface area contributed by atoms with E-state index in [9.17, 15) is 0 Å². The van der Waals surface area contributed by atoms with Crippen molar-refractivity contribution in [1.82, 2.24) is 14.7 Å². The second-order valence-electron chi connectivity index (χ2n) is 6.61. The second kappa shape index (κ2) is 8.79. The predicted molar refractivity (Wildman–Crippen MR) is 105 cm³/mol. The summed E-state index contributed by atoms with van der Waals surface area (Å²) >= 11 is 0. The molecule has 2 unspecified atom stereocenters. The molecule has 0 aliphatic heterocycles. The van der Waals surface area contributed by atoms with Crippen LogP contribution in [0.3, 0.4) is 0 Å². The first-order valence-electron chi connectivity index (χ1n) is 9.06. The maximum Gasteiger partial charge on any atom is 0.124 e. The van der Waals surface area contributed by atoms with E-state index in [0.29, 0.717) is 12.6 Å². The van der Waals surface area contributed by atoms with Gasteiger partial charge in [0.25, 0.3) is 0 Å². The summed E-state index contributed by atoms with van der Waals surface area (Å²) in [7, 11) is 4.10. The average Bonchev–Trinajstić information content (AvgIpc) is 3.11. The summed E-state index contributed by atoms with van der Waals surface area (Å²) in [6.45, 7) is 3.74. The third kappa shape index (κ3) is 4.40. The first-order chi connectivity index (χ1) is 12.7. The second-order valence-corrected chi connectivity index (χ2v) is 6.61. The van der Waals surface area contributed by atoms with Crippen molar-refractivity contribution in [2.75, 3.05) is 20.2 Å². The molecule has 0 N–H and O–H groups in total. The van der Waals surface area contributed by atoms with E-state index in [0.717, 1.165) is 17.8 Å². The molecule has 0 saturated heterocycles. The largest absolute Gasteiger partial charge is 0.366 e. The lowest BCUT2D eigenvalue weighted by Crippen LogP contribution is -2.27. The molecule has 4 nitrogen and oxygen atoms in total. The summed E-state index contributed by atoms with van der Waals surface area (Å²) in [5.74, 6) is 0. The molecule has 3 aromatic rings. The number of aryl methyl sites for hydroxylation is 1. The zero-order valence-corrected chi connectivity index (χ0v) is 15.7. The van der Waals surface area contributed by atoms with Crippen molar-refractivity contribution in [2.45, 2.75) is 19.1 Å². The monoisotopic (exact) mass is 349 g/mol. The van der Waals surface area contributed by atoms with Gasteiger partial charge in [-0.1, -0.05) is 60.7 Å². The molecule has 0 radical (unpaired) electrons. The predicted octanol–water partition coefficient (Wildman–Crippen LogP) is 4.22. The van der Waals surface area contributed by atoms with E-state index in [4.69, 9.17) is 4.74 Å². The Bertz CT molecular complexity index is 785. The van der Waals surface area contributed by atoms with Crippen molar-refractivity contribution in [2.24, 2.45) is 7.05 Å². The Labute approximate surface area is 156 Å². The highest BCUT2D eigenvalue weighted by Gasteiger charge is 2.19. The minimum atomic E-state index is -0.107. The van der Waals surface area contributed by atoms with Gasteiger partial charge in [-0.05, 0) is 31.2 Å². The van der Waals surface area contributed by atoms with Crippen LogP contribution in [0.2, 0.25) is 0 Å². The third-order valence-electron chi connectivity index (χ3n) is 4.90. The lowest BCUT2D eigenvalue weighted by atomic mass is 10.1. The molecule has 0 amide bonds. The van der Waals surface area contributed by atoms with Gasteiger partial charge in [-0.15, -0.1) is 0 Å². The quantitative estimate of drug-likeness (QED) is 0.610. The number of benzene rings is 2. The molecule has 26 heavy (non-hydrogen) atoms. The first kappa shape index (κ1) is 18.4. The fourth-order valence-electron chi connectivity index (χ4n) is 3.12. The Morgan fingerprint density at radius 1 is 0.962 bits per heavy atom. The highest BCUT2D eigenvalue weighted by Crippen LogP contribution is 2.25. The summed E-state index contributed by atoms with van der Waals surface area (Å²) in [4.78, 5) is 2.32. The molecule has 0 bridgehead atoms. The minimum Gasteiger partial charge on any atom is -0.366 e. The van der Waals surface area contributed by atoms with Gasteiger partial charge in [0.15, 0.2) is 0 Å². The number of aromatic nitrogens is 2. The Kier molecular flexibility index (Phi) is 6.21. The molecule has 0 saturated carbocycles. The van der Waals surface area contributed by atoms with Crippen molar-refractivity contribution in [3.05, 3.63) is 89.7 Å². The minimum absolute atomic E-state index is 0.107. The molecular formula is C22H27N3O. The number of rotatable bonds is 8. The lowest BCUT2D eigenvalue weighted by Gasteiger charge is -2.26. The zero-order valence-electron chi connectivity index (χ0n) is 15.7. The molecule has 1 heterocycles. The van der Waals surface area contributed by atoms with Crippen LogP contribution >= 0.6 is 0 Å². The van der Waals surface area contributed by atoms with Crippen LogP contribution in [0.4, 0.5) is 0 Å². The van der Waals surface area contributed by atoms with Crippen LogP contribution in [0.25, 0.3) is 0 Å². The number of likely N-dealkylation sites (N-methyl/N-ethyl adjacent to an activating group) is 1. The lowest BCUT2D eigenvalue weighted by molar-refractivity contribution is 0.0537. The van der Waals surface area contributed by atoms with Crippen molar-refractivity contribution in [1.29, 1.82) is 0 Å². The molecule has 0 fully saturated rings. The van der Waals surface area contributed by atoms with Gasteiger partial charge < -0.3 is 4.74 Å². The van der Waals surface area contributed by atoms with Crippen molar-refractivity contribution < 1.29 is 4.74 Å². The van der Waals surface area contributed by atoms with E-state index in [-0.39, 0.29) is 6.10 Å². The van der Waals surface area contributed by atoms with Gasteiger partial charge >= 0.3 is 0 Å². The highest BCUT2D eigenvalue weighted by atomic mass is 16.5. The fourth-order valence-corrected chi connectivity index (χ4v) is 3.12. The summed E-state index contributed by atoms with van der Waals surface area (Å²) in [6.07, 6.45) is 1.71. The Morgan fingerprint density at radius 3 is 2.15 bits per heavy atom. The molecule has 0 spiro atoms. The van der Waals surface area contributed by atoms with Crippen LogP contribution in [0.5, 0.6) is 0 Å². The van der Waals surface area contributed by atoms with E-state index in [1.54, 1.807) is 0 Å². The van der Waals surface area contributed by atoms with Crippen LogP contribution < -0.4 is 0 Å². The van der Waals surface area contributed by atoms with Gasteiger partial charge in [0.05, 0.1) is 12.3 Å². The molecule has 0 aliphatic carbocycles. The summed E-state index contributed by atoms with van der Waals surface area (Å²) in [6, 6.07) is 23.3. The van der Waals surface area contributed by atoms with Gasteiger partial charge in [-0.2, -0.15) is 5.10 Å². The van der Waals surface area contributed by atoms with Gasteiger partial charge in [0, 0.05) is 25.8 Å². The van der Waals surface area contributed by atoms with Crippen molar-refractivity contribution in [3.63, 3.8) is 0 Å². The normalized spacial score (nSPS) is 13.7. The van der Waals surface area contributed by atoms with Gasteiger partial charge in [-0.25, -0.2) is 0 Å². The third-order valence-corrected chi connectivity index (χ3v) is 4.90. The molecule has 4 heteroatoms. The summed E-state index contributed by atoms with van der Waals surface area (Å²) < 4.78 is 8.19. The highest BCUT2D eigenvalue weighted by molar-refractivity contribution is 5.25. The van der Waals surface area contributed by atoms with Crippen LogP contribution in [0, 0.1) is 0 Å². The van der Waals surface area contributed by atoms with Crippen molar-refractivity contribution >= 4 is 0 Å². The molecule has 0 aliphatic rings. The van der Waals surface area contributed by atoms with E-state index in [1.807, 2.05) is 42.2 Å². The Morgan fingerprint density at radius 2 is 1.58 bits per heavy atom.